The summed E-state index contributed by atoms with van der Waals surface area (Å²) in [4.78, 5) is 34.9. The standard InChI is InChI=1S/C25H30N4O2/c1-16-21(22-19(26-16)8-5-9-20(22)30)24(31)27-23-17-12-28-10-11-29(13-17)15-25(23,14-28)18-6-3-2-4-7-18/h2-4,6-7,17,23,26H,5,8-15H2,1H3,(H,27,31). The molecule has 4 saturated heterocycles. The van der Waals surface area contributed by atoms with Gasteiger partial charge in [-0.25, -0.2) is 0 Å². The molecule has 1 amide bonds. The number of hydrogen-bond donors (Lipinski definition) is 2. The zero-order chi connectivity index (χ0) is 21.2. The van der Waals surface area contributed by atoms with Crippen molar-refractivity contribution < 1.29 is 9.59 Å². The van der Waals surface area contributed by atoms with Crippen LogP contribution in [0.5, 0.6) is 0 Å². The number of Topliss-reactive ketones (excluding diaryl/α,β-unsaturated/α-hetero) is 1. The third-order valence-electron chi connectivity index (χ3n) is 8.03. The van der Waals surface area contributed by atoms with E-state index in [9.17, 15) is 9.59 Å². The zero-order valence-electron chi connectivity index (χ0n) is 18.1. The second-order valence-corrected chi connectivity index (χ2v) is 9.96. The summed E-state index contributed by atoms with van der Waals surface area (Å²) in [5.41, 5.74) is 4.17. The number of aromatic amines is 1. The number of aryl methyl sites for hydroxylation is 2. The van der Waals surface area contributed by atoms with Crippen LogP contribution in [0.25, 0.3) is 0 Å². The second-order valence-electron chi connectivity index (χ2n) is 9.96. The highest BCUT2D eigenvalue weighted by atomic mass is 16.2. The smallest absolute Gasteiger partial charge is 0.254 e. The maximum atomic E-state index is 13.7. The second kappa shape index (κ2) is 7.04. The minimum atomic E-state index is -0.122. The normalized spacial score (nSPS) is 33.8. The SMILES string of the molecule is Cc1[nH]c2c(c1C(=O)NC1C3CN4CCN(C3)CC1(c1ccccc1)C4)C(=O)CCC2. The van der Waals surface area contributed by atoms with E-state index in [0.29, 0.717) is 23.5 Å². The predicted octanol–water partition coefficient (Wildman–Crippen LogP) is 2.14. The number of fused-ring (bicyclic) bond motifs is 2. The molecule has 162 valence electrons. The van der Waals surface area contributed by atoms with E-state index < -0.39 is 0 Å². The first kappa shape index (κ1) is 19.3. The summed E-state index contributed by atoms with van der Waals surface area (Å²) < 4.78 is 0. The van der Waals surface area contributed by atoms with Gasteiger partial charge in [0.25, 0.3) is 5.91 Å². The zero-order valence-corrected chi connectivity index (χ0v) is 18.1. The van der Waals surface area contributed by atoms with Crippen LogP contribution in [-0.2, 0) is 11.8 Å². The van der Waals surface area contributed by atoms with Crippen molar-refractivity contribution in [1.29, 1.82) is 0 Å². The van der Waals surface area contributed by atoms with Gasteiger partial charge in [-0.15, -0.1) is 0 Å². The van der Waals surface area contributed by atoms with Gasteiger partial charge in [0.15, 0.2) is 5.78 Å². The summed E-state index contributed by atoms with van der Waals surface area (Å²) in [6.45, 7) is 8.12. The van der Waals surface area contributed by atoms with Gasteiger partial charge >= 0.3 is 0 Å². The van der Waals surface area contributed by atoms with E-state index in [-0.39, 0.29) is 23.1 Å². The van der Waals surface area contributed by atoms with E-state index in [1.807, 2.05) is 6.92 Å². The summed E-state index contributed by atoms with van der Waals surface area (Å²) in [5, 5.41) is 3.48. The van der Waals surface area contributed by atoms with Crippen molar-refractivity contribution in [3.05, 3.63) is 58.4 Å². The first-order chi connectivity index (χ1) is 15.0. The summed E-state index contributed by atoms with van der Waals surface area (Å²) in [6, 6.07) is 10.8. The Morgan fingerprint density at radius 2 is 1.81 bits per heavy atom. The van der Waals surface area contributed by atoms with Crippen LogP contribution in [0, 0.1) is 12.8 Å². The van der Waals surface area contributed by atoms with Crippen molar-refractivity contribution in [2.75, 3.05) is 39.3 Å². The van der Waals surface area contributed by atoms with Crippen LogP contribution in [0.15, 0.2) is 30.3 Å². The average Bonchev–Trinajstić information content (AvgIpc) is 2.91. The number of hydrogen-bond acceptors (Lipinski definition) is 4. The van der Waals surface area contributed by atoms with Gasteiger partial charge in [0.1, 0.15) is 0 Å². The fraction of sp³-hybridized carbons (Fsp3) is 0.520. The molecule has 1 aliphatic carbocycles. The van der Waals surface area contributed by atoms with Crippen molar-refractivity contribution >= 4 is 11.7 Å². The monoisotopic (exact) mass is 418 g/mol. The number of benzene rings is 1. The Morgan fingerprint density at radius 3 is 2.52 bits per heavy atom. The molecule has 2 N–H and O–H groups in total. The number of H-pyrrole nitrogens is 1. The summed E-state index contributed by atoms with van der Waals surface area (Å²) in [7, 11) is 0. The van der Waals surface area contributed by atoms with Crippen LogP contribution >= 0.6 is 0 Å². The van der Waals surface area contributed by atoms with Crippen LogP contribution in [0.2, 0.25) is 0 Å². The number of amides is 1. The Kier molecular flexibility index (Phi) is 4.37. The van der Waals surface area contributed by atoms with E-state index in [1.165, 1.54) is 5.56 Å². The molecule has 3 unspecified atom stereocenters. The summed E-state index contributed by atoms with van der Waals surface area (Å²) in [6.07, 6.45) is 2.24. The first-order valence-corrected chi connectivity index (χ1v) is 11.6. The number of nitrogens with zero attached hydrogens (tertiary/aromatic N) is 2. The highest BCUT2D eigenvalue weighted by Gasteiger charge is 2.55. The number of carbonyl (C=O) groups is 2. The number of ketones is 1. The molecule has 31 heavy (non-hydrogen) atoms. The Hall–Kier alpha value is -2.44. The number of aromatic nitrogens is 1. The Balaban J connectivity index is 1.40. The molecule has 7 rings (SSSR count). The van der Waals surface area contributed by atoms with Crippen molar-refractivity contribution in [3.8, 4) is 0 Å². The fourth-order valence-electron chi connectivity index (χ4n) is 6.80. The van der Waals surface area contributed by atoms with Gasteiger partial charge in [0.05, 0.1) is 11.1 Å². The topological polar surface area (TPSA) is 68.4 Å². The van der Waals surface area contributed by atoms with Crippen molar-refractivity contribution in [3.63, 3.8) is 0 Å². The molecule has 5 aliphatic rings. The summed E-state index contributed by atoms with van der Waals surface area (Å²) >= 11 is 0. The lowest BCUT2D eigenvalue weighted by atomic mass is 9.64. The Morgan fingerprint density at radius 1 is 1.10 bits per heavy atom. The van der Waals surface area contributed by atoms with Crippen molar-refractivity contribution in [1.82, 2.24) is 20.1 Å². The van der Waals surface area contributed by atoms with E-state index in [0.717, 1.165) is 63.5 Å². The lowest BCUT2D eigenvalue weighted by molar-refractivity contribution is 0.0180. The lowest BCUT2D eigenvalue weighted by Gasteiger charge is -2.55. The van der Waals surface area contributed by atoms with Crippen LogP contribution < -0.4 is 5.32 Å². The van der Waals surface area contributed by atoms with Gasteiger partial charge < -0.3 is 20.1 Å². The highest BCUT2D eigenvalue weighted by molar-refractivity contribution is 6.10. The fourth-order valence-corrected chi connectivity index (χ4v) is 6.80. The van der Waals surface area contributed by atoms with Crippen molar-refractivity contribution in [2.45, 2.75) is 37.6 Å². The molecule has 5 heterocycles. The van der Waals surface area contributed by atoms with Gasteiger partial charge in [0.2, 0.25) is 0 Å². The molecule has 1 aromatic carbocycles. The van der Waals surface area contributed by atoms with Gasteiger partial charge in [-0.05, 0) is 25.3 Å². The number of rotatable bonds is 3. The molecule has 0 saturated carbocycles. The third-order valence-corrected chi connectivity index (χ3v) is 8.03. The molecular formula is C25H30N4O2. The molecule has 4 fully saturated rings. The van der Waals surface area contributed by atoms with Crippen LogP contribution in [0.3, 0.4) is 0 Å². The van der Waals surface area contributed by atoms with Gasteiger partial charge in [-0.3, -0.25) is 9.59 Å². The molecule has 4 bridgehead atoms. The lowest BCUT2D eigenvalue weighted by Crippen LogP contribution is -2.70. The van der Waals surface area contributed by atoms with Crippen molar-refractivity contribution in [2.24, 2.45) is 5.92 Å². The quantitative estimate of drug-likeness (QED) is 0.802. The van der Waals surface area contributed by atoms with Crippen LogP contribution in [0.1, 0.15) is 50.5 Å². The van der Waals surface area contributed by atoms with E-state index in [2.05, 4.69) is 50.4 Å². The largest absolute Gasteiger partial charge is 0.361 e. The number of nitrogens with one attached hydrogen (secondary N) is 2. The predicted molar refractivity (Wildman–Crippen MR) is 119 cm³/mol. The minimum Gasteiger partial charge on any atom is -0.361 e. The number of carbonyl (C=O) groups excluding carboxylic acids is 2. The molecule has 4 aliphatic heterocycles. The molecule has 6 nitrogen and oxygen atoms in total. The maximum Gasteiger partial charge on any atom is 0.254 e. The average molecular weight is 419 g/mol. The molecular weight excluding hydrogens is 388 g/mol. The van der Waals surface area contributed by atoms with E-state index in [1.54, 1.807) is 0 Å². The van der Waals surface area contributed by atoms with Crippen LogP contribution in [0.4, 0.5) is 0 Å². The first-order valence-electron chi connectivity index (χ1n) is 11.6. The molecule has 2 aromatic rings. The highest BCUT2D eigenvalue weighted by Crippen LogP contribution is 2.43. The van der Waals surface area contributed by atoms with Crippen LogP contribution in [-0.4, -0.2) is 71.8 Å². The molecule has 6 heteroatoms. The molecule has 1 aromatic heterocycles. The van der Waals surface area contributed by atoms with Gasteiger partial charge in [-0.1, -0.05) is 30.3 Å². The maximum absolute atomic E-state index is 13.7. The number of piperidine rings is 2. The van der Waals surface area contributed by atoms with E-state index >= 15 is 0 Å². The molecule has 0 spiro atoms. The summed E-state index contributed by atoms with van der Waals surface area (Å²) in [5.74, 6) is 0.411. The third kappa shape index (κ3) is 2.92. The van der Waals surface area contributed by atoms with Gasteiger partial charge in [-0.2, -0.15) is 0 Å². The van der Waals surface area contributed by atoms with E-state index in [4.69, 9.17) is 0 Å². The Bertz CT molecular complexity index is 1030. The van der Waals surface area contributed by atoms with Gasteiger partial charge in [0, 0.05) is 74.5 Å². The molecule has 0 radical (unpaired) electrons. The molecule has 3 atom stereocenters. The Labute approximate surface area is 183 Å². The minimum absolute atomic E-state index is 0.0663.